The third-order valence-electron chi connectivity index (χ3n) is 4.39. The van der Waals surface area contributed by atoms with Gasteiger partial charge >= 0.3 is 0 Å². The number of ether oxygens (including phenoxy) is 2. The Morgan fingerprint density at radius 1 is 1.12 bits per heavy atom. The number of amides is 1. The second kappa shape index (κ2) is 8.03. The van der Waals surface area contributed by atoms with Crippen molar-refractivity contribution in [3.8, 4) is 11.5 Å². The highest BCUT2D eigenvalue weighted by Crippen LogP contribution is 2.27. The molecule has 26 heavy (non-hydrogen) atoms. The van der Waals surface area contributed by atoms with Crippen molar-refractivity contribution >= 4 is 11.7 Å². The van der Waals surface area contributed by atoms with Gasteiger partial charge in [0.15, 0.2) is 11.5 Å². The summed E-state index contributed by atoms with van der Waals surface area (Å²) in [4.78, 5) is 23.5. The van der Waals surface area contributed by atoms with Crippen LogP contribution < -0.4 is 19.7 Å². The van der Waals surface area contributed by atoms with Crippen LogP contribution in [0.2, 0.25) is 0 Å². The van der Waals surface area contributed by atoms with Crippen LogP contribution in [-0.2, 0) is 6.54 Å². The largest absolute Gasteiger partial charge is 0.493 e. The van der Waals surface area contributed by atoms with Gasteiger partial charge in [0.1, 0.15) is 17.3 Å². The summed E-state index contributed by atoms with van der Waals surface area (Å²) < 4.78 is 10.5. The van der Waals surface area contributed by atoms with E-state index in [1.165, 1.54) is 0 Å². The number of rotatable bonds is 6. The second-order valence-electron chi connectivity index (χ2n) is 6.22. The van der Waals surface area contributed by atoms with Gasteiger partial charge in [-0.05, 0) is 37.5 Å². The lowest BCUT2D eigenvalue weighted by Gasteiger charge is -2.17. The highest BCUT2D eigenvalue weighted by molar-refractivity contribution is 5.92. The van der Waals surface area contributed by atoms with Crippen molar-refractivity contribution in [3.63, 3.8) is 0 Å². The number of aryl methyl sites for hydroxylation is 1. The molecule has 3 rings (SSSR count). The Morgan fingerprint density at radius 2 is 1.85 bits per heavy atom. The molecule has 0 unspecified atom stereocenters. The number of carbonyl (C=O) groups excluding carboxylic acids is 1. The number of methoxy groups -OCH3 is 2. The zero-order valence-electron chi connectivity index (χ0n) is 15.4. The van der Waals surface area contributed by atoms with Crippen LogP contribution in [0.4, 0.5) is 5.82 Å². The molecule has 0 atom stereocenters. The first-order valence-electron chi connectivity index (χ1n) is 8.70. The van der Waals surface area contributed by atoms with Crippen LogP contribution in [0.15, 0.2) is 24.3 Å². The van der Waals surface area contributed by atoms with Gasteiger partial charge in [0.2, 0.25) is 0 Å². The molecule has 0 aliphatic carbocycles. The number of hydrogen-bond acceptors (Lipinski definition) is 6. The van der Waals surface area contributed by atoms with Gasteiger partial charge in [-0.25, -0.2) is 9.97 Å². The molecule has 1 aliphatic heterocycles. The van der Waals surface area contributed by atoms with Crippen molar-refractivity contribution in [2.45, 2.75) is 26.3 Å². The van der Waals surface area contributed by atoms with E-state index in [-0.39, 0.29) is 5.91 Å². The molecule has 0 saturated carbocycles. The van der Waals surface area contributed by atoms with E-state index >= 15 is 0 Å². The summed E-state index contributed by atoms with van der Waals surface area (Å²) in [6, 6.07) is 7.32. The van der Waals surface area contributed by atoms with Crippen LogP contribution >= 0.6 is 0 Å². The molecule has 1 saturated heterocycles. The molecule has 138 valence electrons. The Kier molecular flexibility index (Phi) is 5.55. The first kappa shape index (κ1) is 18.0. The third-order valence-corrected chi connectivity index (χ3v) is 4.39. The molecule has 2 heterocycles. The van der Waals surface area contributed by atoms with Crippen molar-refractivity contribution in [1.29, 1.82) is 0 Å². The molecule has 1 aromatic carbocycles. The maximum absolute atomic E-state index is 12.5. The van der Waals surface area contributed by atoms with Gasteiger partial charge in [0.05, 0.1) is 14.2 Å². The van der Waals surface area contributed by atoms with Gasteiger partial charge in [-0.1, -0.05) is 6.07 Å². The van der Waals surface area contributed by atoms with Gasteiger partial charge in [-0.3, -0.25) is 4.79 Å². The van der Waals surface area contributed by atoms with Crippen molar-refractivity contribution in [2.24, 2.45) is 0 Å². The minimum Gasteiger partial charge on any atom is -0.493 e. The first-order chi connectivity index (χ1) is 12.6. The predicted molar refractivity (Wildman–Crippen MR) is 98.9 cm³/mol. The van der Waals surface area contributed by atoms with E-state index in [2.05, 4.69) is 20.2 Å². The summed E-state index contributed by atoms with van der Waals surface area (Å²) in [5.74, 6) is 2.50. The normalized spacial score (nSPS) is 13.6. The van der Waals surface area contributed by atoms with Crippen molar-refractivity contribution in [1.82, 2.24) is 15.3 Å². The van der Waals surface area contributed by atoms with E-state index < -0.39 is 0 Å². The summed E-state index contributed by atoms with van der Waals surface area (Å²) in [5.41, 5.74) is 1.31. The number of hydrogen-bond donors (Lipinski definition) is 1. The average molecular weight is 356 g/mol. The fraction of sp³-hybridized carbons (Fsp3) is 0.421. The fourth-order valence-corrected chi connectivity index (χ4v) is 3.04. The van der Waals surface area contributed by atoms with Gasteiger partial charge in [-0.15, -0.1) is 0 Å². The first-order valence-corrected chi connectivity index (χ1v) is 8.70. The molecule has 0 spiro atoms. The molecule has 1 N–H and O–H groups in total. The van der Waals surface area contributed by atoms with Crippen molar-refractivity contribution in [3.05, 3.63) is 41.3 Å². The van der Waals surface area contributed by atoms with Crippen LogP contribution in [0.1, 0.15) is 34.7 Å². The maximum Gasteiger partial charge on any atom is 0.270 e. The minimum atomic E-state index is -0.217. The topological polar surface area (TPSA) is 76.6 Å². The van der Waals surface area contributed by atoms with E-state index in [1.54, 1.807) is 20.3 Å². The summed E-state index contributed by atoms with van der Waals surface area (Å²) in [7, 11) is 3.18. The second-order valence-corrected chi connectivity index (χ2v) is 6.22. The molecule has 1 aromatic heterocycles. The molecule has 7 nitrogen and oxygen atoms in total. The van der Waals surface area contributed by atoms with Gasteiger partial charge in [0.25, 0.3) is 5.91 Å². The van der Waals surface area contributed by atoms with E-state index in [9.17, 15) is 4.79 Å². The van der Waals surface area contributed by atoms with Crippen molar-refractivity contribution in [2.75, 3.05) is 32.2 Å². The molecule has 1 fully saturated rings. The van der Waals surface area contributed by atoms with E-state index in [1.807, 2.05) is 25.1 Å². The Bertz CT molecular complexity index is 788. The molecule has 2 aromatic rings. The van der Waals surface area contributed by atoms with Crippen LogP contribution in [0.5, 0.6) is 11.5 Å². The van der Waals surface area contributed by atoms with E-state index in [4.69, 9.17) is 9.47 Å². The number of benzene rings is 1. The zero-order valence-corrected chi connectivity index (χ0v) is 15.4. The van der Waals surface area contributed by atoms with Gasteiger partial charge < -0.3 is 19.7 Å². The zero-order chi connectivity index (χ0) is 18.5. The molecular weight excluding hydrogens is 332 g/mol. The number of anilines is 1. The Morgan fingerprint density at radius 3 is 2.54 bits per heavy atom. The van der Waals surface area contributed by atoms with Gasteiger partial charge in [-0.2, -0.15) is 0 Å². The number of aromatic nitrogens is 2. The number of carbonyl (C=O) groups is 1. The van der Waals surface area contributed by atoms with Crippen LogP contribution in [0, 0.1) is 6.92 Å². The molecule has 1 amide bonds. The smallest absolute Gasteiger partial charge is 0.270 e. The SMILES string of the molecule is COc1ccc(CNC(=O)c2cc(N3CCCC3)nc(C)n2)cc1OC. The van der Waals surface area contributed by atoms with Crippen LogP contribution in [0.3, 0.4) is 0 Å². The van der Waals surface area contributed by atoms with Gasteiger partial charge in [0, 0.05) is 25.7 Å². The Hall–Kier alpha value is -2.83. The molecule has 0 radical (unpaired) electrons. The number of nitrogens with zero attached hydrogens (tertiary/aromatic N) is 3. The molecular formula is C19H24N4O3. The number of nitrogens with one attached hydrogen (secondary N) is 1. The monoisotopic (exact) mass is 356 g/mol. The Balaban J connectivity index is 1.70. The third kappa shape index (κ3) is 4.04. The fourth-order valence-electron chi connectivity index (χ4n) is 3.04. The predicted octanol–water partition coefficient (Wildman–Crippen LogP) is 2.33. The minimum absolute atomic E-state index is 0.217. The summed E-state index contributed by atoms with van der Waals surface area (Å²) in [6.07, 6.45) is 2.31. The highest BCUT2D eigenvalue weighted by Gasteiger charge is 2.17. The van der Waals surface area contributed by atoms with E-state index in [0.717, 1.165) is 37.3 Å². The summed E-state index contributed by atoms with van der Waals surface area (Å²) >= 11 is 0. The quantitative estimate of drug-likeness (QED) is 0.856. The molecule has 1 aliphatic rings. The molecule has 7 heteroatoms. The average Bonchev–Trinajstić information content (AvgIpc) is 3.20. The lowest BCUT2D eigenvalue weighted by molar-refractivity contribution is 0.0945. The standard InChI is InChI=1S/C19H24N4O3/c1-13-21-15(11-18(22-13)23-8-4-5-9-23)19(24)20-12-14-6-7-16(25-2)17(10-14)26-3/h6-7,10-11H,4-5,8-9,12H2,1-3H3,(H,20,24). The summed E-state index contributed by atoms with van der Waals surface area (Å²) in [5, 5.41) is 2.90. The molecule has 0 bridgehead atoms. The lowest BCUT2D eigenvalue weighted by Crippen LogP contribution is -2.26. The maximum atomic E-state index is 12.5. The Labute approximate surface area is 153 Å². The van der Waals surface area contributed by atoms with E-state index in [0.29, 0.717) is 29.6 Å². The van der Waals surface area contributed by atoms with Crippen LogP contribution in [-0.4, -0.2) is 43.2 Å². The highest BCUT2D eigenvalue weighted by atomic mass is 16.5. The van der Waals surface area contributed by atoms with Crippen molar-refractivity contribution < 1.29 is 14.3 Å². The summed E-state index contributed by atoms with van der Waals surface area (Å²) in [6.45, 7) is 4.14. The lowest BCUT2D eigenvalue weighted by atomic mass is 10.2. The van der Waals surface area contributed by atoms with Crippen LogP contribution in [0.25, 0.3) is 0 Å².